The largest absolute Gasteiger partial charge is 0.381 e. The Kier molecular flexibility index (Phi) is 4.39. The number of fused-ring (bicyclic) bond motifs is 2. The third kappa shape index (κ3) is 3.21. The molecule has 4 heterocycles. The van der Waals surface area contributed by atoms with Gasteiger partial charge in [-0.25, -0.2) is 19.2 Å². The lowest BCUT2D eigenvalue weighted by Gasteiger charge is -2.27. The molecule has 9 heteroatoms. The fraction of sp³-hybridized carbons (Fsp3) is 0.450. The molecule has 29 heavy (non-hydrogen) atoms. The summed E-state index contributed by atoms with van der Waals surface area (Å²) < 4.78 is 9.33. The van der Waals surface area contributed by atoms with Crippen molar-refractivity contribution < 1.29 is 4.74 Å². The lowest BCUT2D eigenvalue weighted by atomic mass is 9.93. The molecule has 9 nitrogen and oxygen atoms in total. The van der Waals surface area contributed by atoms with Gasteiger partial charge in [-0.2, -0.15) is 15.2 Å². The van der Waals surface area contributed by atoms with Crippen LogP contribution in [0, 0.1) is 13.8 Å². The maximum atomic E-state index is 5.51. The highest BCUT2D eigenvalue weighted by Crippen LogP contribution is 2.32. The molecule has 1 saturated carbocycles. The van der Waals surface area contributed by atoms with Gasteiger partial charge in [-0.3, -0.25) is 0 Å². The molecule has 1 N–H and O–H groups in total. The van der Waals surface area contributed by atoms with E-state index < -0.39 is 0 Å². The Balaban J connectivity index is 1.48. The highest BCUT2D eigenvalue weighted by molar-refractivity contribution is 5.79. The number of hydrogen-bond acceptors (Lipinski definition) is 7. The van der Waals surface area contributed by atoms with E-state index in [4.69, 9.17) is 14.8 Å². The van der Waals surface area contributed by atoms with Crippen molar-refractivity contribution >= 4 is 28.3 Å². The second-order valence-corrected chi connectivity index (χ2v) is 7.69. The van der Waals surface area contributed by atoms with Crippen LogP contribution in [0.25, 0.3) is 16.7 Å². The number of ether oxygens (including phenoxy) is 1. The molecule has 4 aromatic rings. The van der Waals surface area contributed by atoms with E-state index in [1.54, 1.807) is 18.0 Å². The molecule has 150 valence electrons. The number of methoxy groups -OCH3 is 1. The van der Waals surface area contributed by atoms with Gasteiger partial charge in [-0.05, 0) is 51.2 Å². The van der Waals surface area contributed by atoms with Crippen molar-refractivity contribution in [1.82, 2.24) is 34.3 Å². The maximum absolute atomic E-state index is 5.51. The van der Waals surface area contributed by atoms with Crippen LogP contribution in [-0.2, 0) is 4.74 Å². The topological polar surface area (TPSA) is 95.0 Å². The number of anilines is 2. The molecule has 0 aromatic carbocycles. The fourth-order valence-corrected chi connectivity index (χ4v) is 4.11. The minimum absolute atomic E-state index is 0.341. The summed E-state index contributed by atoms with van der Waals surface area (Å²) in [6, 6.07) is 2.32. The highest BCUT2D eigenvalue weighted by atomic mass is 16.5. The van der Waals surface area contributed by atoms with Crippen LogP contribution in [-0.4, -0.2) is 47.6 Å². The number of rotatable bonds is 4. The summed E-state index contributed by atoms with van der Waals surface area (Å²) in [7, 11) is 1.79. The summed E-state index contributed by atoms with van der Waals surface area (Å²) in [6.07, 6.45) is 9.85. The lowest BCUT2D eigenvalue weighted by Crippen LogP contribution is -2.23. The van der Waals surface area contributed by atoms with E-state index in [1.807, 2.05) is 32.3 Å². The van der Waals surface area contributed by atoms with Gasteiger partial charge < -0.3 is 10.1 Å². The summed E-state index contributed by atoms with van der Waals surface area (Å²) in [6.45, 7) is 4.04. The van der Waals surface area contributed by atoms with Crippen molar-refractivity contribution in [2.45, 2.75) is 51.7 Å². The van der Waals surface area contributed by atoms with Crippen molar-refractivity contribution in [3.05, 3.63) is 36.0 Å². The van der Waals surface area contributed by atoms with Crippen molar-refractivity contribution in [3.63, 3.8) is 0 Å². The average Bonchev–Trinajstić information content (AvgIpc) is 3.32. The van der Waals surface area contributed by atoms with Gasteiger partial charge in [0, 0.05) is 13.3 Å². The molecule has 0 saturated heterocycles. The predicted molar refractivity (Wildman–Crippen MR) is 109 cm³/mol. The fourth-order valence-electron chi connectivity index (χ4n) is 4.11. The van der Waals surface area contributed by atoms with E-state index in [1.165, 1.54) is 0 Å². The number of aromatic nitrogens is 7. The first kappa shape index (κ1) is 18.0. The molecule has 4 aromatic heterocycles. The number of nitrogens with zero attached hydrogens (tertiary/aromatic N) is 7. The van der Waals surface area contributed by atoms with Gasteiger partial charge in [-0.15, -0.1) is 0 Å². The summed E-state index contributed by atoms with van der Waals surface area (Å²) in [5.74, 6) is 0.548. The first-order valence-electron chi connectivity index (χ1n) is 9.94. The second-order valence-electron chi connectivity index (χ2n) is 7.69. The molecule has 1 aliphatic carbocycles. The Morgan fingerprint density at radius 1 is 1.14 bits per heavy atom. The first-order chi connectivity index (χ1) is 14.1. The predicted octanol–water partition coefficient (Wildman–Crippen LogP) is 3.36. The van der Waals surface area contributed by atoms with Gasteiger partial charge in [0.05, 0.1) is 35.1 Å². The Hall–Kier alpha value is -3.07. The quantitative estimate of drug-likeness (QED) is 0.569. The Morgan fingerprint density at radius 2 is 1.97 bits per heavy atom. The molecule has 0 amide bonds. The Morgan fingerprint density at radius 3 is 2.76 bits per heavy atom. The van der Waals surface area contributed by atoms with Crippen molar-refractivity contribution in [2.75, 3.05) is 12.4 Å². The van der Waals surface area contributed by atoms with Gasteiger partial charge in [0.25, 0.3) is 0 Å². The number of pyridine rings is 1. The molecule has 1 aliphatic rings. The molecule has 0 aliphatic heterocycles. The summed E-state index contributed by atoms with van der Waals surface area (Å²) in [5.41, 5.74) is 4.59. The zero-order valence-corrected chi connectivity index (χ0v) is 16.8. The first-order valence-corrected chi connectivity index (χ1v) is 9.94. The van der Waals surface area contributed by atoms with Gasteiger partial charge in [0.1, 0.15) is 6.33 Å². The smallest absolute Gasteiger partial charge is 0.229 e. The number of hydrogen-bond donors (Lipinski definition) is 1. The molecule has 1 fully saturated rings. The van der Waals surface area contributed by atoms with Gasteiger partial charge in [0.2, 0.25) is 5.95 Å². The average molecular weight is 392 g/mol. The lowest BCUT2D eigenvalue weighted by molar-refractivity contribution is 0.0573. The third-order valence-corrected chi connectivity index (χ3v) is 5.83. The van der Waals surface area contributed by atoms with E-state index in [-0.39, 0.29) is 0 Å². The molecular weight excluding hydrogens is 368 g/mol. The molecule has 0 spiro atoms. The van der Waals surface area contributed by atoms with Crippen LogP contribution in [0.3, 0.4) is 0 Å². The second kappa shape index (κ2) is 7.07. The Bertz CT molecular complexity index is 1170. The van der Waals surface area contributed by atoms with Crippen LogP contribution in [0.5, 0.6) is 0 Å². The van der Waals surface area contributed by atoms with Gasteiger partial charge in [0.15, 0.2) is 11.3 Å². The van der Waals surface area contributed by atoms with Crippen LogP contribution < -0.4 is 5.32 Å². The zero-order valence-electron chi connectivity index (χ0n) is 16.8. The van der Waals surface area contributed by atoms with Crippen LogP contribution in [0.2, 0.25) is 0 Å². The summed E-state index contributed by atoms with van der Waals surface area (Å²) in [4.78, 5) is 13.5. The molecule has 0 radical (unpaired) electrons. The SMILES string of the molecule is CO[C@H]1CC[C@H](n2nc(C)c3cnc(Nc4cn5ncnc5cc4C)nc32)CC1. The van der Waals surface area contributed by atoms with Crippen molar-refractivity contribution in [3.8, 4) is 0 Å². The van der Waals surface area contributed by atoms with E-state index in [2.05, 4.69) is 25.1 Å². The van der Waals surface area contributed by atoms with Crippen LogP contribution in [0.1, 0.15) is 43.0 Å². The standard InChI is InChI=1S/C20H24N8O/c1-12-8-18-22-11-23-27(18)10-17(12)24-20-21-9-16-13(2)26-28(19(16)25-20)14-4-6-15(29-3)7-5-14/h8-11,14-15H,4-7H2,1-3H3,(H,21,24,25)/t14-,15-. The Labute approximate surface area is 168 Å². The van der Waals surface area contributed by atoms with Crippen LogP contribution in [0.15, 0.2) is 24.8 Å². The summed E-state index contributed by atoms with van der Waals surface area (Å²) in [5, 5.41) is 13.3. The number of nitrogens with one attached hydrogen (secondary N) is 1. The monoisotopic (exact) mass is 392 g/mol. The van der Waals surface area contributed by atoms with Gasteiger partial charge >= 0.3 is 0 Å². The van der Waals surface area contributed by atoms with E-state index in [0.29, 0.717) is 18.1 Å². The molecule has 0 unspecified atom stereocenters. The zero-order chi connectivity index (χ0) is 20.0. The molecule has 0 atom stereocenters. The van der Waals surface area contributed by atoms with Crippen LogP contribution >= 0.6 is 0 Å². The molecule has 5 rings (SSSR count). The maximum Gasteiger partial charge on any atom is 0.229 e. The van der Waals surface area contributed by atoms with Crippen molar-refractivity contribution in [1.29, 1.82) is 0 Å². The highest BCUT2D eigenvalue weighted by Gasteiger charge is 2.25. The van der Waals surface area contributed by atoms with E-state index >= 15 is 0 Å². The third-order valence-electron chi connectivity index (χ3n) is 5.83. The number of aryl methyl sites for hydroxylation is 2. The van der Waals surface area contributed by atoms with Gasteiger partial charge in [-0.1, -0.05) is 0 Å². The minimum Gasteiger partial charge on any atom is -0.381 e. The summed E-state index contributed by atoms with van der Waals surface area (Å²) >= 11 is 0. The van der Waals surface area contributed by atoms with E-state index in [0.717, 1.165) is 59.3 Å². The minimum atomic E-state index is 0.341. The molecule has 0 bridgehead atoms. The molecular formula is C20H24N8O. The van der Waals surface area contributed by atoms with Crippen LogP contribution in [0.4, 0.5) is 11.6 Å². The normalized spacial score (nSPS) is 19.8. The van der Waals surface area contributed by atoms with Crippen molar-refractivity contribution in [2.24, 2.45) is 0 Å². The van der Waals surface area contributed by atoms with E-state index in [9.17, 15) is 0 Å².